The maximum atomic E-state index is 13.0. The number of nitrogens with one attached hydrogen (secondary N) is 1. The highest BCUT2D eigenvalue weighted by Gasteiger charge is 2.25. The smallest absolute Gasteiger partial charge is 0.272 e. The van der Waals surface area contributed by atoms with Gasteiger partial charge in [0.05, 0.1) is 0 Å². The molecule has 3 aromatic rings. The third-order valence-electron chi connectivity index (χ3n) is 5.45. The standard InChI is InChI=1S/C25H23ClFN3O3/c26-19-3-7-21(8-4-19)33-22-10-13-30(14-11-22)25(32)23-15-17(9-12-28-23)16-29-24(31)18-1-5-20(27)6-2-18/h1-9,12,15,22H,10-11,13-14,16H2,(H,29,31). The van der Waals surface area contributed by atoms with Crippen molar-refractivity contribution in [3.05, 3.63) is 94.5 Å². The molecule has 0 unspecified atom stereocenters. The number of carbonyl (C=O) groups is 2. The van der Waals surface area contributed by atoms with E-state index in [1.807, 2.05) is 12.1 Å². The highest BCUT2D eigenvalue weighted by Crippen LogP contribution is 2.22. The van der Waals surface area contributed by atoms with Crippen LogP contribution in [0.3, 0.4) is 0 Å². The van der Waals surface area contributed by atoms with Gasteiger partial charge in [-0.1, -0.05) is 11.6 Å². The summed E-state index contributed by atoms with van der Waals surface area (Å²) in [6.07, 6.45) is 3.04. The van der Waals surface area contributed by atoms with Gasteiger partial charge in [-0.25, -0.2) is 4.39 Å². The molecule has 6 nitrogen and oxygen atoms in total. The molecule has 0 atom stereocenters. The lowest BCUT2D eigenvalue weighted by Gasteiger charge is -2.32. The molecule has 1 aliphatic rings. The van der Waals surface area contributed by atoms with E-state index in [9.17, 15) is 14.0 Å². The normalized spacial score (nSPS) is 14.1. The SMILES string of the molecule is O=C(NCc1ccnc(C(=O)N2CCC(Oc3ccc(Cl)cc3)CC2)c1)c1ccc(F)cc1. The van der Waals surface area contributed by atoms with E-state index in [-0.39, 0.29) is 24.5 Å². The van der Waals surface area contributed by atoms with E-state index in [1.165, 1.54) is 24.3 Å². The van der Waals surface area contributed by atoms with Crippen LogP contribution in [-0.2, 0) is 6.54 Å². The summed E-state index contributed by atoms with van der Waals surface area (Å²) in [4.78, 5) is 31.1. The first kappa shape index (κ1) is 22.7. The Morgan fingerprint density at radius 2 is 1.76 bits per heavy atom. The van der Waals surface area contributed by atoms with Crippen LogP contribution in [0.4, 0.5) is 4.39 Å². The molecule has 2 aromatic carbocycles. The number of hydrogen-bond acceptors (Lipinski definition) is 4. The van der Waals surface area contributed by atoms with Gasteiger partial charge < -0.3 is 15.0 Å². The van der Waals surface area contributed by atoms with Crippen LogP contribution in [0.1, 0.15) is 39.3 Å². The third-order valence-corrected chi connectivity index (χ3v) is 5.70. The number of piperidine rings is 1. The average Bonchev–Trinajstić information content (AvgIpc) is 2.84. The molecule has 1 saturated heterocycles. The van der Waals surface area contributed by atoms with E-state index in [0.717, 1.165) is 24.2 Å². The number of likely N-dealkylation sites (tertiary alicyclic amines) is 1. The summed E-state index contributed by atoms with van der Waals surface area (Å²) in [6.45, 7) is 1.38. The van der Waals surface area contributed by atoms with Crippen molar-refractivity contribution in [1.82, 2.24) is 15.2 Å². The molecular formula is C25H23ClFN3O3. The second kappa shape index (κ2) is 10.4. The van der Waals surface area contributed by atoms with Crippen LogP contribution >= 0.6 is 11.6 Å². The van der Waals surface area contributed by atoms with Gasteiger partial charge >= 0.3 is 0 Å². The number of amides is 2. The molecule has 0 radical (unpaired) electrons. The zero-order chi connectivity index (χ0) is 23.2. The lowest BCUT2D eigenvalue weighted by molar-refractivity contribution is 0.0590. The first-order chi connectivity index (χ1) is 16.0. The summed E-state index contributed by atoms with van der Waals surface area (Å²) < 4.78 is 19.0. The zero-order valence-corrected chi connectivity index (χ0v) is 18.6. The molecule has 4 rings (SSSR count). The van der Waals surface area contributed by atoms with Crippen LogP contribution in [0.5, 0.6) is 5.75 Å². The lowest BCUT2D eigenvalue weighted by atomic mass is 10.1. The maximum absolute atomic E-state index is 13.0. The number of hydrogen-bond donors (Lipinski definition) is 1. The molecule has 2 heterocycles. The summed E-state index contributed by atoms with van der Waals surface area (Å²) in [5.74, 6) is -0.0975. The average molecular weight is 468 g/mol. The van der Waals surface area contributed by atoms with Crippen molar-refractivity contribution in [2.24, 2.45) is 0 Å². The van der Waals surface area contributed by atoms with Gasteiger partial charge in [-0.2, -0.15) is 0 Å². The molecule has 1 aromatic heterocycles. The number of benzene rings is 2. The van der Waals surface area contributed by atoms with Crippen LogP contribution in [0.25, 0.3) is 0 Å². The molecule has 170 valence electrons. The van der Waals surface area contributed by atoms with Crippen molar-refractivity contribution in [1.29, 1.82) is 0 Å². The highest BCUT2D eigenvalue weighted by molar-refractivity contribution is 6.30. The van der Waals surface area contributed by atoms with Crippen LogP contribution in [0.2, 0.25) is 5.02 Å². The van der Waals surface area contributed by atoms with Crippen LogP contribution in [-0.4, -0.2) is 40.9 Å². The molecule has 0 saturated carbocycles. The number of halogens is 2. The molecule has 1 fully saturated rings. The monoisotopic (exact) mass is 467 g/mol. The Hall–Kier alpha value is -3.45. The molecular weight excluding hydrogens is 445 g/mol. The van der Waals surface area contributed by atoms with E-state index >= 15 is 0 Å². The fraction of sp³-hybridized carbons (Fsp3) is 0.240. The first-order valence-corrected chi connectivity index (χ1v) is 11.1. The van der Waals surface area contributed by atoms with E-state index in [2.05, 4.69) is 10.3 Å². The fourth-order valence-corrected chi connectivity index (χ4v) is 3.76. The van der Waals surface area contributed by atoms with Gasteiger partial charge in [0.1, 0.15) is 23.4 Å². The molecule has 2 amide bonds. The largest absolute Gasteiger partial charge is 0.490 e. The highest BCUT2D eigenvalue weighted by atomic mass is 35.5. The van der Waals surface area contributed by atoms with E-state index in [4.69, 9.17) is 16.3 Å². The Bertz CT molecular complexity index is 1110. The summed E-state index contributed by atoms with van der Waals surface area (Å²) >= 11 is 5.91. The van der Waals surface area contributed by atoms with Gasteiger partial charge in [-0.15, -0.1) is 0 Å². The number of carbonyl (C=O) groups excluding carboxylic acids is 2. The topological polar surface area (TPSA) is 71.5 Å². The Morgan fingerprint density at radius 3 is 2.45 bits per heavy atom. The van der Waals surface area contributed by atoms with Gasteiger partial charge in [-0.3, -0.25) is 14.6 Å². The number of aromatic nitrogens is 1. The van der Waals surface area contributed by atoms with Crippen molar-refractivity contribution in [2.45, 2.75) is 25.5 Å². The first-order valence-electron chi connectivity index (χ1n) is 10.7. The van der Waals surface area contributed by atoms with Gasteiger partial charge in [0, 0.05) is 49.3 Å². The Labute approximate surface area is 196 Å². The number of pyridine rings is 1. The molecule has 0 aliphatic carbocycles. The van der Waals surface area contributed by atoms with Crippen LogP contribution < -0.4 is 10.1 Å². The number of rotatable bonds is 6. The fourth-order valence-electron chi connectivity index (χ4n) is 3.63. The van der Waals surface area contributed by atoms with E-state index in [0.29, 0.717) is 29.4 Å². The molecule has 8 heteroatoms. The van der Waals surface area contributed by atoms with E-state index < -0.39 is 5.82 Å². The molecule has 33 heavy (non-hydrogen) atoms. The second-order valence-corrected chi connectivity index (χ2v) is 8.24. The summed E-state index contributed by atoms with van der Waals surface area (Å²) in [7, 11) is 0. The molecule has 0 spiro atoms. The minimum absolute atomic E-state index is 0.0381. The predicted octanol–water partition coefficient (Wildman–Crippen LogP) is 4.49. The Morgan fingerprint density at radius 1 is 1.06 bits per heavy atom. The summed E-state index contributed by atoms with van der Waals surface area (Å²) in [6, 6.07) is 16.0. The number of nitrogens with zero attached hydrogens (tertiary/aromatic N) is 2. The lowest BCUT2D eigenvalue weighted by Crippen LogP contribution is -2.42. The predicted molar refractivity (Wildman–Crippen MR) is 123 cm³/mol. The van der Waals surface area contributed by atoms with Gasteiger partial charge in [-0.05, 0) is 66.2 Å². The quantitative estimate of drug-likeness (QED) is 0.580. The van der Waals surface area contributed by atoms with Gasteiger partial charge in [0.2, 0.25) is 0 Å². The van der Waals surface area contributed by atoms with Crippen molar-refractivity contribution in [3.63, 3.8) is 0 Å². The van der Waals surface area contributed by atoms with Crippen LogP contribution in [0.15, 0.2) is 66.9 Å². The van der Waals surface area contributed by atoms with Crippen molar-refractivity contribution in [3.8, 4) is 5.75 Å². The van der Waals surface area contributed by atoms with Crippen molar-refractivity contribution < 1.29 is 18.7 Å². The molecule has 1 N–H and O–H groups in total. The summed E-state index contributed by atoms with van der Waals surface area (Å²) in [5.41, 5.74) is 1.45. The van der Waals surface area contributed by atoms with Gasteiger partial charge in [0.25, 0.3) is 11.8 Å². The number of ether oxygens (including phenoxy) is 1. The third kappa shape index (κ3) is 6.08. The van der Waals surface area contributed by atoms with Crippen molar-refractivity contribution >= 4 is 23.4 Å². The maximum Gasteiger partial charge on any atom is 0.272 e. The van der Waals surface area contributed by atoms with Gasteiger partial charge in [0.15, 0.2) is 0 Å². The Balaban J connectivity index is 1.30. The summed E-state index contributed by atoms with van der Waals surface area (Å²) in [5, 5.41) is 3.43. The Kier molecular flexibility index (Phi) is 7.19. The minimum atomic E-state index is -0.399. The second-order valence-electron chi connectivity index (χ2n) is 7.80. The minimum Gasteiger partial charge on any atom is -0.490 e. The van der Waals surface area contributed by atoms with E-state index in [1.54, 1.807) is 35.4 Å². The zero-order valence-electron chi connectivity index (χ0n) is 17.8. The molecule has 0 bridgehead atoms. The van der Waals surface area contributed by atoms with Crippen LogP contribution in [0, 0.1) is 5.82 Å². The van der Waals surface area contributed by atoms with Crippen molar-refractivity contribution in [2.75, 3.05) is 13.1 Å². The molecule has 1 aliphatic heterocycles.